The van der Waals surface area contributed by atoms with Gasteiger partial charge in [0.1, 0.15) is 5.75 Å². The van der Waals surface area contributed by atoms with Gasteiger partial charge in [-0.3, -0.25) is 4.79 Å². The van der Waals surface area contributed by atoms with Crippen LogP contribution in [0.3, 0.4) is 0 Å². The topological polar surface area (TPSA) is 50.4 Å². The average molecular weight is 256 g/mol. The van der Waals surface area contributed by atoms with Crippen LogP contribution < -0.4 is 15.4 Å². The summed E-state index contributed by atoms with van der Waals surface area (Å²) in [6.07, 6.45) is 0.837. The number of hydrogen-bond acceptors (Lipinski definition) is 3. The third-order valence-corrected chi connectivity index (χ3v) is 2.74. The number of alkyl halides is 2. The maximum Gasteiger partial charge on any atom is 0.387 e. The van der Waals surface area contributed by atoms with E-state index in [9.17, 15) is 13.6 Å². The molecule has 1 aromatic rings. The van der Waals surface area contributed by atoms with Gasteiger partial charge in [-0.05, 0) is 25.1 Å². The number of benzene rings is 1. The lowest BCUT2D eigenvalue weighted by Crippen LogP contribution is -2.36. The van der Waals surface area contributed by atoms with Crippen molar-refractivity contribution in [2.24, 2.45) is 0 Å². The molecule has 2 rings (SSSR count). The first-order valence-electron chi connectivity index (χ1n) is 5.72. The van der Waals surface area contributed by atoms with Gasteiger partial charge in [-0.2, -0.15) is 8.78 Å². The number of rotatable bonds is 4. The number of amides is 1. The number of hydrogen-bond donors (Lipinski definition) is 2. The molecule has 1 saturated heterocycles. The molecule has 6 heteroatoms. The Morgan fingerprint density at radius 3 is 2.89 bits per heavy atom. The van der Waals surface area contributed by atoms with Crippen LogP contribution >= 0.6 is 0 Å². The molecule has 0 radical (unpaired) electrons. The molecule has 1 fully saturated rings. The highest BCUT2D eigenvalue weighted by Gasteiger charge is 2.20. The van der Waals surface area contributed by atoms with Crippen molar-refractivity contribution in [1.82, 2.24) is 10.6 Å². The first kappa shape index (κ1) is 12.8. The number of ether oxygens (including phenoxy) is 1. The predicted octanol–water partition coefficient (Wildman–Crippen LogP) is 1.38. The summed E-state index contributed by atoms with van der Waals surface area (Å²) in [6, 6.07) is 6.02. The summed E-state index contributed by atoms with van der Waals surface area (Å²) in [5.41, 5.74) is 0.129. The van der Waals surface area contributed by atoms with E-state index in [0.717, 1.165) is 13.0 Å². The van der Waals surface area contributed by atoms with Crippen LogP contribution in [0.4, 0.5) is 8.78 Å². The van der Waals surface area contributed by atoms with E-state index >= 15 is 0 Å². The number of carbonyl (C=O) groups is 1. The molecule has 1 unspecified atom stereocenters. The van der Waals surface area contributed by atoms with Crippen LogP contribution in [0.5, 0.6) is 5.75 Å². The Hall–Kier alpha value is -1.69. The van der Waals surface area contributed by atoms with Gasteiger partial charge >= 0.3 is 6.61 Å². The molecule has 0 bridgehead atoms. The van der Waals surface area contributed by atoms with Gasteiger partial charge in [0.05, 0.1) is 5.56 Å². The molecule has 1 aliphatic rings. The largest absolute Gasteiger partial charge is 0.434 e. The smallest absolute Gasteiger partial charge is 0.387 e. The molecular formula is C12H14F2N2O2. The minimum atomic E-state index is -2.94. The van der Waals surface area contributed by atoms with Crippen molar-refractivity contribution in [3.63, 3.8) is 0 Å². The van der Waals surface area contributed by atoms with E-state index in [1.165, 1.54) is 12.1 Å². The first-order chi connectivity index (χ1) is 8.66. The van der Waals surface area contributed by atoms with Crippen molar-refractivity contribution in [3.8, 4) is 5.75 Å². The van der Waals surface area contributed by atoms with E-state index in [0.29, 0.717) is 6.54 Å². The van der Waals surface area contributed by atoms with Crippen LogP contribution in [0.1, 0.15) is 16.8 Å². The maximum absolute atomic E-state index is 12.2. The maximum atomic E-state index is 12.2. The highest BCUT2D eigenvalue weighted by Crippen LogP contribution is 2.20. The number of halogens is 2. The van der Waals surface area contributed by atoms with E-state index in [-0.39, 0.29) is 23.3 Å². The van der Waals surface area contributed by atoms with Crippen molar-refractivity contribution in [3.05, 3.63) is 29.8 Å². The van der Waals surface area contributed by atoms with Gasteiger partial charge in [-0.25, -0.2) is 0 Å². The molecule has 18 heavy (non-hydrogen) atoms. The molecule has 1 aliphatic heterocycles. The van der Waals surface area contributed by atoms with Crippen molar-refractivity contribution in [2.75, 3.05) is 13.1 Å². The lowest BCUT2D eigenvalue weighted by atomic mass is 10.1. The standard InChI is InChI=1S/C12H14F2N2O2/c13-12(14)18-10-4-2-1-3-9(10)11(17)16-8-5-6-15-7-8/h1-4,8,12,15H,5-7H2,(H,16,17). The Kier molecular flexibility index (Phi) is 4.09. The Labute approximate surface area is 103 Å². The van der Waals surface area contributed by atoms with Crippen LogP contribution in [0.25, 0.3) is 0 Å². The molecule has 0 aromatic heterocycles. The van der Waals surface area contributed by atoms with Crippen LogP contribution in [-0.4, -0.2) is 31.7 Å². The molecule has 1 heterocycles. The fourth-order valence-corrected chi connectivity index (χ4v) is 1.89. The van der Waals surface area contributed by atoms with Gasteiger partial charge < -0.3 is 15.4 Å². The summed E-state index contributed by atoms with van der Waals surface area (Å²) in [6.45, 7) is -1.39. The van der Waals surface area contributed by atoms with Crippen molar-refractivity contribution >= 4 is 5.91 Å². The molecular weight excluding hydrogens is 242 g/mol. The van der Waals surface area contributed by atoms with E-state index in [1.807, 2.05) is 0 Å². The molecule has 0 saturated carbocycles. The minimum absolute atomic E-state index is 0.0390. The third kappa shape index (κ3) is 3.16. The highest BCUT2D eigenvalue weighted by molar-refractivity contribution is 5.97. The summed E-state index contributed by atoms with van der Waals surface area (Å²) in [7, 11) is 0. The van der Waals surface area contributed by atoms with E-state index in [4.69, 9.17) is 0 Å². The second-order valence-corrected chi connectivity index (χ2v) is 4.04. The highest BCUT2D eigenvalue weighted by atomic mass is 19.3. The average Bonchev–Trinajstić information content (AvgIpc) is 2.81. The van der Waals surface area contributed by atoms with Crippen LogP contribution in [-0.2, 0) is 0 Å². The minimum Gasteiger partial charge on any atom is -0.434 e. The van der Waals surface area contributed by atoms with Gasteiger partial charge in [0.25, 0.3) is 5.91 Å². The molecule has 0 spiro atoms. The molecule has 2 N–H and O–H groups in total. The van der Waals surface area contributed by atoms with Crippen LogP contribution in [0, 0.1) is 0 Å². The number of carbonyl (C=O) groups excluding carboxylic acids is 1. The van der Waals surface area contributed by atoms with Gasteiger partial charge in [0, 0.05) is 12.6 Å². The zero-order valence-electron chi connectivity index (χ0n) is 9.66. The molecule has 1 amide bonds. The summed E-state index contributed by atoms with van der Waals surface area (Å²) < 4.78 is 28.7. The molecule has 1 aromatic carbocycles. The van der Waals surface area contributed by atoms with Crippen LogP contribution in [0.15, 0.2) is 24.3 Å². The van der Waals surface area contributed by atoms with E-state index in [1.54, 1.807) is 12.1 Å². The molecule has 4 nitrogen and oxygen atoms in total. The lowest BCUT2D eigenvalue weighted by molar-refractivity contribution is -0.0501. The Morgan fingerprint density at radius 1 is 1.44 bits per heavy atom. The zero-order valence-corrected chi connectivity index (χ0v) is 9.66. The summed E-state index contributed by atoms with van der Waals surface area (Å²) in [5.74, 6) is -0.490. The van der Waals surface area contributed by atoms with E-state index in [2.05, 4.69) is 15.4 Å². The van der Waals surface area contributed by atoms with Gasteiger partial charge in [-0.1, -0.05) is 12.1 Å². The molecule has 0 aliphatic carbocycles. The summed E-state index contributed by atoms with van der Waals surface area (Å²) in [5, 5.41) is 5.89. The Morgan fingerprint density at radius 2 is 2.22 bits per heavy atom. The molecule has 1 atom stereocenters. The quantitative estimate of drug-likeness (QED) is 0.855. The van der Waals surface area contributed by atoms with Gasteiger partial charge in [-0.15, -0.1) is 0 Å². The summed E-state index contributed by atoms with van der Waals surface area (Å²) in [4.78, 5) is 11.9. The van der Waals surface area contributed by atoms with Gasteiger partial charge in [0.2, 0.25) is 0 Å². The Bertz CT molecular complexity index is 420. The zero-order chi connectivity index (χ0) is 13.0. The van der Waals surface area contributed by atoms with Crippen molar-refractivity contribution < 1.29 is 18.3 Å². The molecule has 98 valence electrons. The first-order valence-corrected chi connectivity index (χ1v) is 5.72. The van der Waals surface area contributed by atoms with E-state index < -0.39 is 6.61 Å². The van der Waals surface area contributed by atoms with Gasteiger partial charge in [0.15, 0.2) is 0 Å². The normalized spacial score (nSPS) is 18.9. The monoisotopic (exact) mass is 256 g/mol. The number of para-hydroxylation sites is 1. The third-order valence-electron chi connectivity index (χ3n) is 2.74. The predicted molar refractivity (Wildman–Crippen MR) is 61.8 cm³/mol. The van der Waals surface area contributed by atoms with Crippen molar-refractivity contribution in [1.29, 1.82) is 0 Å². The SMILES string of the molecule is O=C(NC1CCNC1)c1ccccc1OC(F)F. The Balaban J connectivity index is 2.08. The van der Waals surface area contributed by atoms with Crippen molar-refractivity contribution in [2.45, 2.75) is 19.1 Å². The summed E-state index contributed by atoms with van der Waals surface area (Å²) >= 11 is 0. The number of nitrogens with one attached hydrogen (secondary N) is 2. The fourth-order valence-electron chi connectivity index (χ4n) is 1.89. The second kappa shape index (κ2) is 5.77. The van der Waals surface area contributed by atoms with Crippen LogP contribution in [0.2, 0.25) is 0 Å². The lowest BCUT2D eigenvalue weighted by Gasteiger charge is -2.14. The fraction of sp³-hybridized carbons (Fsp3) is 0.417. The second-order valence-electron chi connectivity index (χ2n) is 4.04.